The molecule has 2 N–H and O–H groups in total. The fraction of sp³-hybridized carbons (Fsp3) is 0.400. The second kappa shape index (κ2) is 3.20. The highest BCUT2D eigenvalue weighted by atomic mass is 35.5. The average Bonchev–Trinajstić information content (AvgIpc) is 2.82. The summed E-state index contributed by atoms with van der Waals surface area (Å²) in [6.07, 6.45) is 1.04. The van der Waals surface area contributed by atoms with Crippen LogP contribution < -0.4 is 10.5 Å². The second-order valence-corrected chi connectivity index (χ2v) is 3.83. The molecule has 1 aromatic carbocycles. The summed E-state index contributed by atoms with van der Waals surface area (Å²) < 4.78 is 5.24. The van der Waals surface area contributed by atoms with Crippen molar-refractivity contribution in [1.82, 2.24) is 0 Å². The molecule has 2 nitrogen and oxygen atoms in total. The number of hydrogen-bond donors (Lipinski definition) is 1. The topological polar surface area (TPSA) is 35.2 Å². The van der Waals surface area contributed by atoms with E-state index in [0.717, 1.165) is 22.8 Å². The first kappa shape index (κ1) is 8.85. The molecule has 3 heteroatoms. The van der Waals surface area contributed by atoms with Gasteiger partial charge in [0.15, 0.2) is 0 Å². The van der Waals surface area contributed by atoms with E-state index < -0.39 is 0 Å². The molecule has 0 radical (unpaired) electrons. The number of benzene rings is 1. The average molecular weight is 198 g/mol. The zero-order chi connectivity index (χ0) is 9.42. The zero-order valence-electron chi connectivity index (χ0n) is 7.46. The molecule has 70 valence electrons. The first-order valence-corrected chi connectivity index (χ1v) is 4.69. The Labute approximate surface area is 82.6 Å². The van der Waals surface area contributed by atoms with Crippen LogP contribution in [0.4, 0.5) is 0 Å². The lowest BCUT2D eigenvalue weighted by Gasteiger charge is -2.07. The van der Waals surface area contributed by atoms with Crippen molar-refractivity contribution in [3.63, 3.8) is 0 Å². The highest BCUT2D eigenvalue weighted by Gasteiger charge is 2.36. The van der Waals surface area contributed by atoms with Gasteiger partial charge in [-0.3, -0.25) is 0 Å². The monoisotopic (exact) mass is 197 g/mol. The quantitative estimate of drug-likeness (QED) is 0.789. The third-order valence-electron chi connectivity index (χ3n) is 2.43. The maximum Gasteiger partial charge on any atom is 0.122 e. The van der Waals surface area contributed by atoms with E-state index in [-0.39, 0.29) is 6.04 Å². The van der Waals surface area contributed by atoms with Crippen LogP contribution in [-0.2, 0) is 0 Å². The first-order chi connectivity index (χ1) is 6.22. The molecule has 2 atom stereocenters. The molecule has 13 heavy (non-hydrogen) atoms. The Bertz CT molecular complexity index is 327. The van der Waals surface area contributed by atoms with Crippen LogP contribution in [0.25, 0.3) is 0 Å². The number of ether oxygens (including phenoxy) is 1. The van der Waals surface area contributed by atoms with Gasteiger partial charge in [-0.05, 0) is 24.6 Å². The lowest BCUT2D eigenvalue weighted by Crippen LogP contribution is -2.02. The Kier molecular flexibility index (Phi) is 2.18. The van der Waals surface area contributed by atoms with Gasteiger partial charge >= 0.3 is 0 Å². The molecule has 0 unspecified atom stereocenters. The fourth-order valence-electron chi connectivity index (χ4n) is 1.57. The molecule has 0 heterocycles. The van der Waals surface area contributed by atoms with Crippen molar-refractivity contribution in [2.24, 2.45) is 5.73 Å². The van der Waals surface area contributed by atoms with Gasteiger partial charge in [-0.2, -0.15) is 0 Å². The summed E-state index contributed by atoms with van der Waals surface area (Å²) in [5.41, 5.74) is 6.91. The van der Waals surface area contributed by atoms with Gasteiger partial charge in [-0.15, -0.1) is 0 Å². The summed E-state index contributed by atoms with van der Waals surface area (Å²) in [4.78, 5) is 0. The van der Waals surface area contributed by atoms with Crippen molar-refractivity contribution in [2.45, 2.75) is 18.4 Å². The van der Waals surface area contributed by atoms with E-state index in [1.807, 2.05) is 18.2 Å². The van der Waals surface area contributed by atoms with Crippen LogP contribution in [-0.4, -0.2) is 13.2 Å². The van der Waals surface area contributed by atoms with Crippen LogP contribution in [0, 0.1) is 0 Å². The molecule has 0 aliphatic heterocycles. The maximum atomic E-state index is 5.90. The lowest BCUT2D eigenvalue weighted by molar-refractivity contribution is 0.409. The summed E-state index contributed by atoms with van der Waals surface area (Å²) in [6, 6.07) is 5.95. The van der Waals surface area contributed by atoms with Gasteiger partial charge in [0.2, 0.25) is 0 Å². The number of halogens is 1. The molecule has 1 aromatic rings. The number of methoxy groups -OCH3 is 1. The Morgan fingerprint density at radius 2 is 2.23 bits per heavy atom. The minimum absolute atomic E-state index is 0.285. The van der Waals surface area contributed by atoms with Crippen LogP contribution in [0.15, 0.2) is 18.2 Å². The third-order valence-corrected chi connectivity index (χ3v) is 2.67. The lowest BCUT2D eigenvalue weighted by atomic mass is 10.1. The van der Waals surface area contributed by atoms with Crippen LogP contribution in [0.5, 0.6) is 5.75 Å². The van der Waals surface area contributed by atoms with E-state index in [2.05, 4.69) is 0 Å². The molecular weight excluding hydrogens is 186 g/mol. The molecule has 1 aliphatic carbocycles. The van der Waals surface area contributed by atoms with Gasteiger partial charge < -0.3 is 10.5 Å². The Morgan fingerprint density at radius 3 is 2.77 bits per heavy atom. The molecule has 2 rings (SSSR count). The van der Waals surface area contributed by atoms with Crippen molar-refractivity contribution >= 4 is 11.6 Å². The Balaban J connectivity index is 2.35. The normalized spacial score (nSPS) is 25.8. The van der Waals surface area contributed by atoms with E-state index in [0.29, 0.717) is 5.92 Å². The van der Waals surface area contributed by atoms with E-state index in [9.17, 15) is 0 Å². The fourth-order valence-corrected chi connectivity index (χ4v) is 1.75. The number of hydrogen-bond acceptors (Lipinski definition) is 2. The Morgan fingerprint density at radius 1 is 1.54 bits per heavy atom. The largest absolute Gasteiger partial charge is 0.496 e. The van der Waals surface area contributed by atoms with Gasteiger partial charge in [0.25, 0.3) is 0 Å². The highest BCUT2D eigenvalue weighted by Crippen LogP contribution is 2.44. The smallest absolute Gasteiger partial charge is 0.122 e. The van der Waals surface area contributed by atoms with E-state index in [1.54, 1.807) is 7.11 Å². The molecule has 1 saturated carbocycles. The molecule has 0 spiro atoms. The standard InChI is InChI=1S/C10H12ClNO/c1-13-10-3-2-6(11)4-8(10)7-5-9(7)12/h2-4,7,9H,5,12H2,1H3/t7-,9+/m0/s1. The molecule has 0 bridgehead atoms. The van der Waals surface area contributed by atoms with Crippen molar-refractivity contribution < 1.29 is 4.74 Å². The number of rotatable bonds is 2. The molecule has 1 aliphatic rings. The predicted molar refractivity (Wildman–Crippen MR) is 53.3 cm³/mol. The summed E-state index contributed by atoms with van der Waals surface area (Å²) in [6.45, 7) is 0. The Hall–Kier alpha value is -0.730. The molecule has 0 amide bonds. The maximum absolute atomic E-state index is 5.90. The third kappa shape index (κ3) is 1.64. The summed E-state index contributed by atoms with van der Waals surface area (Å²) in [5, 5.41) is 0.745. The van der Waals surface area contributed by atoms with Gasteiger partial charge in [0.1, 0.15) is 5.75 Å². The summed E-state index contributed by atoms with van der Waals surface area (Å²) in [5.74, 6) is 1.33. The van der Waals surface area contributed by atoms with Crippen LogP contribution in [0.1, 0.15) is 17.9 Å². The van der Waals surface area contributed by atoms with E-state index in [1.165, 1.54) is 0 Å². The van der Waals surface area contributed by atoms with Crippen LogP contribution >= 0.6 is 11.6 Å². The van der Waals surface area contributed by atoms with Crippen molar-refractivity contribution in [3.8, 4) is 5.75 Å². The van der Waals surface area contributed by atoms with Gasteiger partial charge in [0.05, 0.1) is 7.11 Å². The second-order valence-electron chi connectivity index (χ2n) is 3.39. The SMILES string of the molecule is COc1ccc(Cl)cc1[C@@H]1C[C@H]1N. The molecular formula is C10H12ClNO. The van der Waals surface area contributed by atoms with E-state index in [4.69, 9.17) is 22.1 Å². The van der Waals surface area contributed by atoms with Gasteiger partial charge in [-0.1, -0.05) is 11.6 Å². The van der Waals surface area contributed by atoms with E-state index >= 15 is 0 Å². The minimum atomic E-state index is 0.285. The molecule has 0 aromatic heterocycles. The zero-order valence-corrected chi connectivity index (χ0v) is 8.21. The van der Waals surface area contributed by atoms with Crippen molar-refractivity contribution in [2.75, 3.05) is 7.11 Å². The summed E-state index contributed by atoms with van der Waals surface area (Å²) in [7, 11) is 1.67. The molecule has 1 fully saturated rings. The predicted octanol–water partition coefficient (Wildman–Crippen LogP) is 2.16. The highest BCUT2D eigenvalue weighted by molar-refractivity contribution is 6.30. The first-order valence-electron chi connectivity index (χ1n) is 4.31. The number of nitrogens with two attached hydrogens (primary N) is 1. The summed E-state index contributed by atoms with van der Waals surface area (Å²) >= 11 is 5.90. The van der Waals surface area contributed by atoms with Gasteiger partial charge in [-0.25, -0.2) is 0 Å². The minimum Gasteiger partial charge on any atom is -0.496 e. The van der Waals surface area contributed by atoms with Gasteiger partial charge in [0, 0.05) is 22.5 Å². The molecule has 0 saturated heterocycles. The van der Waals surface area contributed by atoms with Crippen LogP contribution in [0.3, 0.4) is 0 Å². The van der Waals surface area contributed by atoms with Crippen LogP contribution in [0.2, 0.25) is 5.02 Å². The van der Waals surface area contributed by atoms with Crippen molar-refractivity contribution in [3.05, 3.63) is 28.8 Å². The van der Waals surface area contributed by atoms with Crippen molar-refractivity contribution in [1.29, 1.82) is 0 Å².